The first-order chi connectivity index (χ1) is 7.65. The summed E-state index contributed by atoms with van der Waals surface area (Å²) >= 11 is 4.83. The van der Waals surface area contributed by atoms with Crippen molar-refractivity contribution in [2.75, 3.05) is 0 Å². The Bertz CT molecular complexity index is 507. The van der Waals surface area contributed by atoms with Crippen LogP contribution in [0.3, 0.4) is 0 Å². The van der Waals surface area contributed by atoms with Crippen LogP contribution in [0, 0.1) is 6.92 Å². The van der Waals surface area contributed by atoms with Crippen LogP contribution in [0.5, 0.6) is 0 Å². The molecule has 16 heavy (non-hydrogen) atoms. The van der Waals surface area contributed by atoms with Gasteiger partial charge in [0.1, 0.15) is 5.69 Å². The number of carbonyl (C=O) groups is 1. The van der Waals surface area contributed by atoms with E-state index in [4.69, 9.17) is 0 Å². The summed E-state index contributed by atoms with van der Waals surface area (Å²) in [6.45, 7) is 1.93. The Kier molecular flexibility index (Phi) is 3.46. The van der Waals surface area contributed by atoms with E-state index in [1.54, 1.807) is 23.6 Å². The van der Waals surface area contributed by atoms with Crippen LogP contribution < -0.4 is 0 Å². The zero-order valence-corrected chi connectivity index (χ0v) is 11.0. The predicted octanol–water partition coefficient (Wildman–Crippen LogP) is 3.03. The van der Waals surface area contributed by atoms with Crippen molar-refractivity contribution in [1.29, 1.82) is 0 Å². The molecule has 0 amide bonds. The molecule has 3 nitrogen and oxygen atoms in total. The van der Waals surface area contributed by atoms with E-state index in [9.17, 15) is 4.79 Å². The fraction of sp³-hybridized carbons (Fsp3) is 0.182. The average Bonchev–Trinajstić information content (AvgIpc) is 2.65. The van der Waals surface area contributed by atoms with Gasteiger partial charge >= 0.3 is 0 Å². The Hall–Kier alpha value is -1.07. The molecule has 2 aromatic rings. The van der Waals surface area contributed by atoms with Crippen LogP contribution in [0.25, 0.3) is 0 Å². The first-order valence-electron chi connectivity index (χ1n) is 4.71. The molecule has 2 rings (SSSR count). The second kappa shape index (κ2) is 4.84. The lowest BCUT2D eigenvalue weighted by Gasteiger charge is -1.97. The SMILES string of the molecule is Cc1nc(CC(=O)c2ccc(Br)cn2)cs1. The van der Waals surface area contributed by atoms with E-state index in [1.165, 1.54) is 0 Å². The molecule has 0 aliphatic rings. The van der Waals surface area contributed by atoms with Crippen molar-refractivity contribution in [3.05, 3.63) is 44.6 Å². The van der Waals surface area contributed by atoms with E-state index < -0.39 is 0 Å². The Labute approximate surface area is 106 Å². The number of aromatic nitrogens is 2. The molecule has 0 unspecified atom stereocenters. The number of thiazole rings is 1. The summed E-state index contributed by atoms with van der Waals surface area (Å²) in [7, 11) is 0. The summed E-state index contributed by atoms with van der Waals surface area (Å²) < 4.78 is 0.869. The predicted molar refractivity (Wildman–Crippen MR) is 66.8 cm³/mol. The number of ketones is 1. The minimum Gasteiger partial charge on any atom is -0.292 e. The number of halogens is 1. The van der Waals surface area contributed by atoms with Gasteiger partial charge in [0.2, 0.25) is 0 Å². The number of pyridine rings is 1. The maximum atomic E-state index is 11.8. The van der Waals surface area contributed by atoms with Gasteiger partial charge in [-0.3, -0.25) is 9.78 Å². The summed E-state index contributed by atoms with van der Waals surface area (Å²) in [6.07, 6.45) is 1.94. The fourth-order valence-corrected chi connectivity index (χ4v) is 2.13. The molecule has 0 bridgehead atoms. The highest BCUT2D eigenvalue weighted by Gasteiger charge is 2.10. The topological polar surface area (TPSA) is 42.9 Å². The minimum absolute atomic E-state index is 0.00204. The first-order valence-corrected chi connectivity index (χ1v) is 6.38. The lowest BCUT2D eigenvalue weighted by molar-refractivity contribution is 0.0987. The summed E-state index contributed by atoms with van der Waals surface area (Å²) in [4.78, 5) is 20.1. The van der Waals surface area contributed by atoms with Crippen LogP contribution in [0.2, 0.25) is 0 Å². The lowest BCUT2D eigenvalue weighted by atomic mass is 10.1. The maximum Gasteiger partial charge on any atom is 0.187 e. The zero-order valence-electron chi connectivity index (χ0n) is 8.61. The highest BCUT2D eigenvalue weighted by atomic mass is 79.9. The number of Topliss-reactive ketones (excluding diaryl/α,β-unsaturated/α-hetero) is 1. The van der Waals surface area contributed by atoms with E-state index in [0.717, 1.165) is 15.2 Å². The minimum atomic E-state index is -0.00204. The second-order valence-corrected chi connectivity index (χ2v) is 5.30. The molecule has 0 saturated carbocycles. The van der Waals surface area contributed by atoms with E-state index in [0.29, 0.717) is 12.1 Å². The average molecular weight is 297 g/mol. The van der Waals surface area contributed by atoms with Gasteiger partial charge in [-0.15, -0.1) is 11.3 Å². The monoisotopic (exact) mass is 296 g/mol. The molecule has 82 valence electrons. The molecule has 0 aliphatic heterocycles. The molecular formula is C11H9BrN2OS. The number of carbonyl (C=O) groups excluding carboxylic acids is 1. The smallest absolute Gasteiger partial charge is 0.187 e. The van der Waals surface area contributed by atoms with Crippen molar-refractivity contribution in [3.8, 4) is 0 Å². The summed E-state index contributed by atoms with van der Waals surface area (Å²) in [5.41, 5.74) is 1.30. The van der Waals surface area contributed by atoms with Crippen LogP contribution in [-0.2, 0) is 6.42 Å². The normalized spacial score (nSPS) is 10.4. The molecule has 0 atom stereocenters. The van der Waals surface area contributed by atoms with E-state index in [1.807, 2.05) is 18.4 Å². The zero-order chi connectivity index (χ0) is 11.5. The van der Waals surface area contributed by atoms with E-state index in [-0.39, 0.29) is 5.78 Å². The summed E-state index contributed by atoms with van der Waals surface area (Å²) in [6, 6.07) is 3.53. The van der Waals surface area contributed by atoms with Gasteiger partial charge in [0.15, 0.2) is 5.78 Å². The molecule has 0 fully saturated rings. The Morgan fingerprint density at radius 2 is 2.31 bits per heavy atom. The third-order valence-corrected chi connectivity index (χ3v) is 3.31. The standard InChI is InChI=1S/C11H9BrN2OS/c1-7-14-9(6-16-7)4-11(15)10-3-2-8(12)5-13-10/h2-3,5-6H,4H2,1H3. The van der Waals surface area contributed by atoms with Crippen molar-refractivity contribution >= 4 is 33.0 Å². The lowest BCUT2D eigenvalue weighted by Crippen LogP contribution is -2.05. The Morgan fingerprint density at radius 3 is 2.88 bits per heavy atom. The van der Waals surface area contributed by atoms with Crippen LogP contribution in [0.15, 0.2) is 28.2 Å². The quantitative estimate of drug-likeness (QED) is 0.818. The van der Waals surface area contributed by atoms with Gasteiger partial charge in [0.25, 0.3) is 0 Å². The van der Waals surface area contributed by atoms with E-state index in [2.05, 4.69) is 25.9 Å². The third kappa shape index (κ3) is 2.74. The molecule has 0 spiro atoms. The molecule has 0 aromatic carbocycles. The van der Waals surface area contributed by atoms with Crippen molar-refractivity contribution in [1.82, 2.24) is 9.97 Å². The highest BCUT2D eigenvalue weighted by Crippen LogP contribution is 2.12. The van der Waals surface area contributed by atoms with E-state index >= 15 is 0 Å². The molecular weight excluding hydrogens is 288 g/mol. The van der Waals surface area contributed by atoms with Gasteiger partial charge in [-0.2, -0.15) is 0 Å². The van der Waals surface area contributed by atoms with Crippen LogP contribution in [0.4, 0.5) is 0 Å². The molecule has 0 radical (unpaired) electrons. The van der Waals surface area contributed by atoms with Crippen LogP contribution >= 0.6 is 27.3 Å². The molecule has 0 N–H and O–H groups in total. The Balaban J connectivity index is 2.11. The van der Waals surface area contributed by atoms with Crippen LogP contribution in [0.1, 0.15) is 21.2 Å². The summed E-state index contributed by atoms with van der Waals surface area (Å²) in [5, 5.41) is 2.89. The number of aryl methyl sites for hydroxylation is 1. The number of rotatable bonds is 3. The van der Waals surface area contributed by atoms with Crippen molar-refractivity contribution in [2.24, 2.45) is 0 Å². The first kappa shape index (κ1) is 11.4. The molecule has 2 heterocycles. The molecule has 0 aliphatic carbocycles. The largest absolute Gasteiger partial charge is 0.292 e. The number of nitrogens with zero attached hydrogens (tertiary/aromatic N) is 2. The van der Waals surface area contributed by atoms with Crippen molar-refractivity contribution < 1.29 is 4.79 Å². The van der Waals surface area contributed by atoms with Gasteiger partial charge in [-0.25, -0.2) is 4.98 Å². The Morgan fingerprint density at radius 1 is 1.50 bits per heavy atom. The van der Waals surface area contributed by atoms with Gasteiger partial charge in [-0.05, 0) is 35.0 Å². The highest BCUT2D eigenvalue weighted by molar-refractivity contribution is 9.10. The van der Waals surface area contributed by atoms with Gasteiger partial charge in [0.05, 0.1) is 17.1 Å². The van der Waals surface area contributed by atoms with Gasteiger partial charge in [-0.1, -0.05) is 0 Å². The molecule has 2 aromatic heterocycles. The van der Waals surface area contributed by atoms with Gasteiger partial charge < -0.3 is 0 Å². The third-order valence-electron chi connectivity index (χ3n) is 2.02. The number of hydrogen-bond donors (Lipinski definition) is 0. The van der Waals surface area contributed by atoms with Gasteiger partial charge in [0, 0.05) is 16.0 Å². The van der Waals surface area contributed by atoms with Crippen molar-refractivity contribution in [3.63, 3.8) is 0 Å². The molecule has 5 heteroatoms. The molecule has 0 saturated heterocycles. The fourth-order valence-electron chi connectivity index (χ4n) is 1.29. The van der Waals surface area contributed by atoms with Crippen molar-refractivity contribution in [2.45, 2.75) is 13.3 Å². The number of hydrogen-bond acceptors (Lipinski definition) is 4. The second-order valence-electron chi connectivity index (χ2n) is 3.32. The maximum absolute atomic E-state index is 11.8. The van der Waals surface area contributed by atoms with Crippen LogP contribution in [-0.4, -0.2) is 15.8 Å². The summed E-state index contributed by atoms with van der Waals surface area (Å²) in [5.74, 6) is -0.00204.